The summed E-state index contributed by atoms with van der Waals surface area (Å²) in [7, 11) is 0. The van der Waals surface area contributed by atoms with Crippen molar-refractivity contribution >= 4 is 29.0 Å². The summed E-state index contributed by atoms with van der Waals surface area (Å²) in [6.07, 6.45) is 3.70. The van der Waals surface area contributed by atoms with Gasteiger partial charge in [-0.1, -0.05) is 17.8 Å². The second kappa shape index (κ2) is 8.28. The largest absolute Gasteiger partial charge is 0.487 e. The van der Waals surface area contributed by atoms with E-state index in [1.165, 1.54) is 35.2 Å². The van der Waals surface area contributed by atoms with Crippen LogP contribution < -0.4 is 10.1 Å². The molecule has 0 saturated heterocycles. The zero-order valence-corrected chi connectivity index (χ0v) is 16.8. The van der Waals surface area contributed by atoms with Crippen LogP contribution in [0.5, 0.6) is 5.75 Å². The number of ether oxygens (including phenoxy) is 1. The quantitative estimate of drug-likeness (QED) is 0.620. The Balaban J connectivity index is 1.36. The van der Waals surface area contributed by atoms with Crippen molar-refractivity contribution < 1.29 is 13.9 Å². The Labute approximate surface area is 170 Å². The maximum absolute atomic E-state index is 14.1. The van der Waals surface area contributed by atoms with Gasteiger partial charge in [0.15, 0.2) is 4.34 Å². The Bertz CT molecular complexity index is 994. The van der Waals surface area contributed by atoms with Crippen LogP contribution in [0.2, 0.25) is 0 Å². The number of pyridine rings is 1. The first-order valence-electron chi connectivity index (χ1n) is 8.79. The molecule has 144 valence electrons. The van der Waals surface area contributed by atoms with Gasteiger partial charge in [-0.05, 0) is 25.1 Å². The van der Waals surface area contributed by atoms with Crippen LogP contribution in [0.3, 0.4) is 0 Å². The number of thiazole rings is 1. The molecule has 1 aliphatic heterocycles. The summed E-state index contributed by atoms with van der Waals surface area (Å²) < 4.78 is 21.0. The van der Waals surface area contributed by atoms with Crippen LogP contribution in [-0.2, 0) is 11.2 Å². The molecule has 1 atom stereocenters. The Morgan fingerprint density at radius 3 is 3.11 bits per heavy atom. The van der Waals surface area contributed by atoms with Gasteiger partial charge in [0.1, 0.15) is 17.7 Å². The van der Waals surface area contributed by atoms with Crippen molar-refractivity contribution in [1.29, 1.82) is 0 Å². The predicted molar refractivity (Wildman–Crippen MR) is 108 cm³/mol. The topological polar surface area (TPSA) is 64.1 Å². The van der Waals surface area contributed by atoms with E-state index >= 15 is 0 Å². The standard InChI is InChI=1S/C20H18FN3O2S2/c1-12-10-27-20(24-12)28-11-18(25)23-9-16-6-14-5-15(21)7-17(19(14)26-16)13-3-2-4-22-8-13/h2-5,7-8,10,16H,6,9,11H2,1H3,(H,23,25). The summed E-state index contributed by atoms with van der Waals surface area (Å²) in [4.78, 5) is 20.5. The lowest BCUT2D eigenvalue weighted by molar-refractivity contribution is -0.118. The third kappa shape index (κ3) is 4.34. The lowest BCUT2D eigenvalue weighted by atomic mass is 10.0. The summed E-state index contributed by atoms with van der Waals surface area (Å²) in [5, 5.41) is 4.86. The molecule has 28 heavy (non-hydrogen) atoms. The van der Waals surface area contributed by atoms with Crippen molar-refractivity contribution in [2.24, 2.45) is 0 Å². The van der Waals surface area contributed by atoms with Gasteiger partial charge in [-0.3, -0.25) is 9.78 Å². The van der Waals surface area contributed by atoms with E-state index in [4.69, 9.17) is 4.74 Å². The fourth-order valence-electron chi connectivity index (χ4n) is 3.05. The third-order valence-corrected chi connectivity index (χ3v) is 6.43. The number of nitrogens with one attached hydrogen (secondary N) is 1. The highest BCUT2D eigenvalue weighted by Crippen LogP contribution is 2.39. The number of carbonyl (C=O) groups is 1. The van der Waals surface area contributed by atoms with Crippen LogP contribution in [0.15, 0.2) is 46.4 Å². The first-order valence-corrected chi connectivity index (χ1v) is 10.7. The molecule has 2 aromatic heterocycles. The van der Waals surface area contributed by atoms with Gasteiger partial charge in [0.25, 0.3) is 0 Å². The molecule has 0 fully saturated rings. The van der Waals surface area contributed by atoms with E-state index in [0.29, 0.717) is 30.0 Å². The smallest absolute Gasteiger partial charge is 0.230 e. The number of amides is 1. The van der Waals surface area contributed by atoms with Gasteiger partial charge in [0, 0.05) is 46.6 Å². The van der Waals surface area contributed by atoms with Crippen molar-refractivity contribution in [1.82, 2.24) is 15.3 Å². The summed E-state index contributed by atoms with van der Waals surface area (Å²) in [5.74, 6) is 0.598. The number of carbonyl (C=O) groups excluding carboxylic acids is 1. The summed E-state index contributed by atoms with van der Waals surface area (Å²) in [6.45, 7) is 2.30. The molecule has 3 heterocycles. The number of rotatable bonds is 6. The van der Waals surface area contributed by atoms with Crippen molar-refractivity contribution in [2.75, 3.05) is 12.3 Å². The molecular formula is C20H18FN3O2S2. The number of nitrogens with zero attached hydrogens (tertiary/aromatic N) is 2. The van der Waals surface area contributed by atoms with E-state index in [0.717, 1.165) is 21.2 Å². The van der Waals surface area contributed by atoms with Gasteiger partial charge < -0.3 is 10.1 Å². The molecule has 0 spiro atoms. The summed E-state index contributed by atoms with van der Waals surface area (Å²) >= 11 is 2.95. The van der Waals surface area contributed by atoms with Crippen molar-refractivity contribution in [3.05, 3.63) is 59.1 Å². The highest BCUT2D eigenvalue weighted by Gasteiger charge is 2.27. The number of fused-ring (bicyclic) bond motifs is 1. The third-order valence-electron chi connectivity index (χ3n) is 4.29. The molecule has 0 saturated carbocycles. The molecule has 5 nitrogen and oxygen atoms in total. The number of benzene rings is 1. The molecule has 1 aliphatic rings. The van der Waals surface area contributed by atoms with Gasteiger partial charge >= 0.3 is 0 Å². The second-order valence-corrected chi connectivity index (χ2v) is 8.56. The van der Waals surface area contributed by atoms with Gasteiger partial charge in [0.2, 0.25) is 5.91 Å². The van der Waals surface area contributed by atoms with Gasteiger partial charge in [-0.25, -0.2) is 9.37 Å². The average Bonchev–Trinajstić information content (AvgIpc) is 3.30. The first kappa shape index (κ1) is 18.9. The van der Waals surface area contributed by atoms with E-state index in [9.17, 15) is 9.18 Å². The average molecular weight is 416 g/mol. The zero-order chi connectivity index (χ0) is 19.5. The highest BCUT2D eigenvalue weighted by atomic mass is 32.2. The van der Waals surface area contributed by atoms with Crippen LogP contribution in [0.25, 0.3) is 11.1 Å². The van der Waals surface area contributed by atoms with Crippen LogP contribution in [0.1, 0.15) is 11.3 Å². The second-order valence-electron chi connectivity index (χ2n) is 6.47. The highest BCUT2D eigenvalue weighted by molar-refractivity contribution is 8.01. The first-order chi connectivity index (χ1) is 13.6. The number of aryl methyl sites for hydroxylation is 1. The molecule has 1 amide bonds. The number of thioether (sulfide) groups is 1. The molecule has 0 bridgehead atoms. The maximum Gasteiger partial charge on any atom is 0.230 e. The fraction of sp³-hybridized carbons (Fsp3) is 0.250. The van der Waals surface area contributed by atoms with Gasteiger partial charge in [-0.15, -0.1) is 11.3 Å². The van der Waals surface area contributed by atoms with E-state index in [-0.39, 0.29) is 17.8 Å². The Morgan fingerprint density at radius 2 is 2.36 bits per heavy atom. The lowest BCUT2D eigenvalue weighted by Crippen LogP contribution is -2.35. The minimum atomic E-state index is -0.305. The number of aromatic nitrogens is 2. The molecular weight excluding hydrogens is 397 g/mol. The predicted octanol–water partition coefficient (Wildman–Crippen LogP) is 3.86. The normalized spacial score (nSPS) is 15.1. The van der Waals surface area contributed by atoms with Gasteiger partial charge in [0.05, 0.1) is 12.3 Å². The summed E-state index contributed by atoms with van der Waals surface area (Å²) in [5.41, 5.74) is 3.26. The Hall–Kier alpha value is -2.45. The van der Waals surface area contributed by atoms with Crippen molar-refractivity contribution in [3.8, 4) is 16.9 Å². The molecule has 1 unspecified atom stereocenters. The molecule has 4 rings (SSSR count). The minimum absolute atomic E-state index is 0.0731. The molecule has 0 aliphatic carbocycles. The Kier molecular flexibility index (Phi) is 5.59. The SMILES string of the molecule is Cc1csc(SCC(=O)NCC2Cc3cc(F)cc(-c4cccnc4)c3O2)n1. The maximum atomic E-state index is 14.1. The van der Waals surface area contributed by atoms with E-state index in [1.54, 1.807) is 18.5 Å². The number of halogens is 1. The molecule has 0 radical (unpaired) electrons. The fourth-order valence-corrected chi connectivity index (χ4v) is 4.73. The number of hydrogen-bond donors (Lipinski definition) is 1. The molecule has 1 aromatic carbocycles. The molecule has 8 heteroatoms. The molecule has 3 aromatic rings. The zero-order valence-electron chi connectivity index (χ0n) is 15.1. The number of hydrogen-bond acceptors (Lipinski definition) is 6. The van der Waals surface area contributed by atoms with Crippen molar-refractivity contribution in [3.63, 3.8) is 0 Å². The van der Waals surface area contributed by atoms with E-state index in [1.807, 2.05) is 18.4 Å². The monoisotopic (exact) mass is 415 g/mol. The van der Waals surface area contributed by atoms with Crippen LogP contribution in [0.4, 0.5) is 4.39 Å². The minimum Gasteiger partial charge on any atom is -0.487 e. The van der Waals surface area contributed by atoms with Crippen LogP contribution in [-0.4, -0.2) is 34.3 Å². The Morgan fingerprint density at radius 1 is 1.46 bits per heavy atom. The summed E-state index contributed by atoms with van der Waals surface area (Å²) in [6, 6.07) is 6.64. The molecule has 1 N–H and O–H groups in total. The van der Waals surface area contributed by atoms with E-state index < -0.39 is 0 Å². The van der Waals surface area contributed by atoms with Crippen LogP contribution in [0, 0.1) is 12.7 Å². The van der Waals surface area contributed by atoms with Gasteiger partial charge in [-0.2, -0.15) is 0 Å². The van der Waals surface area contributed by atoms with E-state index in [2.05, 4.69) is 15.3 Å². The van der Waals surface area contributed by atoms with Crippen LogP contribution >= 0.6 is 23.1 Å². The van der Waals surface area contributed by atoms with Crippen molar-refractivity contribution in [2.45, 2.75) is 23.8 Å². The lowest BCUT2D eigenvalue weighted by Gasteiger charge is -2.13.